The van der Waals surface area contributed by atoms with Crippen LogP contribution in [0.4, 0.5) is 10.1 Å². The average molecular weight is 235 g/mol. The number of benzene rings is 1. The van der Waals surface area contributed by atoms with E-state index in [0.29, 0.717) is 12.1 Å². The molecule has 3 nitrogen and oxygen atoms in total. The van der Waals surface area contributed by atoms with Gasteiger partial charge in [-0.2, -0.15) is 0 Å². The third-order valence-electron chi connectivity index (χ3n) is 2.57. The average Bonchev–Trinajstić information content (AvgIpc) is 2.81. The molecule has 1 aromatic heterocycles. The lowest BCUT2D eigenvalue weighted by Crippen LogP contribution is -2.16. The minimum Gasteiger partial charge on any atom is -0.472 e. The van der Waals surface area contributed by atoms with Crippen LogP contribution < -0.4 is 4.90 Å². The molecule has 0 atom stereocenters. The Morgan fingerprint density at radius 2 is 2.12 bits per heavy atom. The number of aliphatic hydroxyl groups is 1. The van der Waals surface area contributed by atoms with E-state index in [9.17, 15) is 4.39 Å². The van der Waals surface area contributed by atoms with Crippen LogP contribution in [0.5, 0.6) is 0 Å². The summed E-state index contributed by atoms with van der Waals surface area (Å²) in [6.45, 7) is 0.467. The number of rotatable bonds is 4. The van der Waals surface area contributed by atoms with E-state index in [1.165, 1.54) is 12.1 Å². The van der Waals surface area contributed by atoms with Crippen molar-refractivity contribution in [1.29, 1.82) is 0 Å². The Morgan fingerprint density at radius 1 is 1.29 bits per heavy atom. The highest BCUT2D eigenvalue weighted by Gasteiger charge is 2.06. The van der Waals surface area contributed by atoms with E-state index in [0.717, 1.165) is 11.3 Å². The largest absolute Gasteiger partial charge is 0.472 e. The van der Waals surface area contributed by atoms with E-state index in [2.05, 4.69) is 0 Å². The molecule has 0 aliphatic rings. The molecule has 0 saturated heterocycles. The minimum absolute atomic E-state index is 0.162. The first kappa shape index (κ1) is 11.7. The second-order valence-electron chi connectivity index (χ2n) is 3.96. The van der Waals surface area contributed by atoms with Crippen LogP contribution in [-0.2, 0) is 13.2 Å². The van der Waals surface area contributed by atoms with Crippen molar-refractivity contribution in [3.63, 3.8) is 0 Å². The number of hydrogen-bond donors (Lipinski definition) is 1. The van der Waals surface area contributed by atoms with Crippen LogP contribution in [0.25, 0.3) is 0 Å². The van der Waals surface area contributed by atoms with Gasteiger partial charge in [-0.1, -0.05) is 0 Å². The maximum atomic E-state index is 13.3. The Balaban J connectivity index is 2.18. The Hall–Kier alpha value is -1.81. The number of furan rings is 1. The number of nitrogens with zero attached hydrogens (tertiary/aromatic N) is 1. The maximum Gasteiger partial charge on any atom is 0.125 e. The molecule has 0 aliphatic carbocycles. The summed E-state index contributed by atoms with van der Waals surface area (Å²) in [5.41, 5.74) is 2.32. The molecular weight excluding hydrogens is 221 g/mol. The SMILES string of the molecule is CN(Cc1ccoc1)c1cc(F)cc(CO)c1. The molecule has 0 radical (unpaired) electrons. The van der Waals surface area contributed by atoms with E-state index < -0.39 is 0 Å². The van der Waals surface area contributed by atoms with Gasteiger partial charge in [-0.05, 0) is 29.8 Å². The minimum atomic E-state index is -0.342. The summed E-state index contributed by atoms with van der Waals surface area (Å²) in [4.78, 5) is 1.90. The summed E-state index contributed by atoms with van der Waals surface area (Å²) >= 11 is 0. The van der Waals surface area contributed by atoms with Crippen LogP contribution in [0, 0.1) is 5.82 Å². The fourth-order valence-corrected chi connectivity index (χ4v) is 1.69. The molecule has 0 aliphatic heterocycles. The first-order valence-corrected chi connectivity index (χ1v) is 5.31. The van der Waals surface area contributed by atoms with Gasteiger partial charge in [0.2, 0.25) is 0 Å². The topological polar surface area (TPSA) is 36.6 Å². The number of halogens is 1. The highest BCUT2D eigenvalue weighted by Crippen LogP contribution is 2.19. The predicted octanol–water partition coefficient (Wildman–Crippen LogP) is 2.55. The van der Waals surface area contributed by atoms with Crippen molar-refractivity contribution in [2.45, 2.75) is 13.2 Å². The van der Waals surface area contributed by atoms with Gasteiger partial charge in [0.05, 0.1) is 19.1 Å². The number of aliphatic hydroxyl groups excluding tert-OH is 1. The highest BCUT2D eigenvalue weighted by atomic mass is 19.1. The Bertz CT molecular complexity index is 482. The molecule has 17 heavy (non-hydrogen) atoms. The Labute approximate surface area is 99.1 Å². The Morgan fingerprint density at radius 3 is 2.76 bits per heavy atom. The van der Waals surface area contributed by atoms with Crippen molar-refractivity contribution in [3.8, 4) is 0 Å². The molecular formula is C13H14FNO2. The molecule has 4 heteroatoms. The van der Waals surface area contributed by atoms with Crippen molar-refractivity contribution in [3.05, 3.63) is 53.7 Å². The summed E-state index contributed by atoms with van der Waals surface area (Å²) in [6.07, 6.45) is 3.26. The fourth-order valence-electron chi connectivity index (χ4n) is 1.69. The first-order valence-electron chi connectivity index (χ1n) is 5.31. The van der Waals surface area contributed by atoms with Crippen LogP contribution in [0.1, 0.15) is 11.1 Å². The van der Waals surface area contributed by atoms with E-state index in [4.69, 9.17) is 9.52 Å². The van der Waals surface area contributed by atoms with Gasteiger partial charge in [-0.3, -0.25) is 0 Å². The van der Waals surface area contributed by atoms with Gasteiger partial charge in [0, 0.05) is 24.8 Å². The van der Waals surface area contributed by atoms with Crippen molar-refractivity contribution < 1.29 is 13.9 Å². The van der Waals surface area contributed by atoms with Crippen molar-refractivity contribution >= 4 is 5.69 Å². The molecule has 2 aromatic rings. The van der Waals surface area contributed by atoms with Gasteiger partial charge < -0.3 is 14.4 Å². The highest BCUT2D eigenvalue weighted by molar-refractivity contribution is 5.48. The zero-order valence-electron chi connectivity index (χ0n) is 9.56. The lowest BCUT2D eigenvalue weighted by atomic mass is 10.2. The Kier molecular flexibility index (Phi) is 3.44. The van der Waals surface area contributed by atoms with Gasteiger partial charge >= 0.3 is 0 Å². The van der Waals surface area contributed by atoms with Crippen molar-refractivity contribution in [2.24, 2.45) is 0 Å². The summed E-state index contributed by atoms with van der Waals surface area (Å²) in [7, 11) is 1.86. The molecule has 0 fully saturated rings. The van der Waals surface area contributed by atoms with Gasteiger partial charge in [0.1, 0.15) is 5.82 Å². The third kappa shape index (κ3) is 2.85. The van der Waals surface area contributed by atoms with Gasteiger partial charge in [0.25, 0.3) is 0 Å². The van der Waals surface area contributed by atoms with Crippen LogP contribution in [0.15, 0.2) is 41.2 Å². The normalized spacial score (nSPS) is 10.5. The molecule has 1 N–H and O–H groups in total. The van der Waals surface area contributed by atoms with Crippen LogP contribution in [0.2, 0.25) is 0 Å². The molecule has 0 unspecified atom stereocenters. The summed E-state index contributed by atoms with van der Waals surface area (Å²) in [5, 5.41) is 9.02. The smallest absolute Gasteiger partial charge is 0.125 e. The summed E-state index contributed by atoms with van der Waals surface area (Å²) < 4.78 is 18.3. The lowest BCUT2D eigenvalue weighted by molar-refractivity contribution is 0.281. The molecule has 1 heterocycles. The van der Waals surface area contributed by atoms with Crippen LogP contribution >= 0.6 is 0 Å². The van der Waals surface area contributed by atoms with Gasteiger partial charge in [-0.15, -0.1) is 0 Å². The fraction of sp³-hybridized carbons (Fsp3) is 0.231. The van der Waals surface area contributed by atoms with Crippen molar-refractivity contribution in [2.75, 3.05) is 11.9 Å². The molecule has 0 saturated carbocycles. The lowest BCUT2D eigenvalue weighted by Gasteiger charge is -2.19. The molecule has 90 valence electrons. The van der Waals surface area contributed by atoms with Gasteiger partial charge in [0.15, 0.2) is 0 Å². The predicted molar refractivity (Wildman–Crippen MR) is 63.1 cm³/mol. The molecule has 0 bridgehead atoms. The monoisotopic (exact) mass is 235 g/mol. The van der Waals surface area contributed by atoms with Crippen LogP contribution in [-0.4, -0.2) is 12.2 Å². The zero-order chi connectivity index (χ0) is 12.3. The van der Waals surface area contributed by atoms with Crippen molar-refractivity contribution in [1.82, 2.24) is 0 Å². The number of hydrogen-bond acceptors (Lipinski definition) is 3. The zero-order valence-corrected chi connectivity index (χ0v) is 9.56. The van der Waals surface area contributed by atoms with E-state index in [1.807, 2.05) is 18.0 Å². The molecule has 1 aromatic carbocycles. The quantitative estimate of drug-likeness (QED) is 0.884. The molecule has 0 amide bonds. The number of anilines is 1. The first-order chi connectivity index (χ1) is 8.19. The van der Waals surface area contributed by atoms with Gasteiger partial charge in [-0.25, -0.2) is 4.39 Å². The summed E-state index contributed by atoms with van der Waals surface area (Å²) in [5.74, 6) is -0.342. The molecule has 0 spiro atoms. The van der Waals surface area contributed by atoms with E-state index in [-0.39, 0.29) is 12.4 Å². The third-order valence-corrected chi connectivity index (χ3v) is 2.57. The maximum absolute atomic E-state index is 13.3. The standard InChI is InChI=1S/C13H14FNO2/c1-15(7-10-2-3-17-9-10)13-5-11(8-16)4-12(14)6-13/h2-6,9,16H,7-8H2,1H3. The summed E-state index contributed by atoms with van der Waals surface area (Å²) in [6, 6.07) is 6.40. The van der Waals surface area contributed by atoms with E-state index >= 15 is 0 Å². The molecule has 2 rings (SSSR count). The van der Waals surface area contributed by atoms with Crippen LogP contribution in [0.3, 0.4) is 0 Å². The second-order valence-corrected chi connectivity index (χ2v) is 3.96. The second kappa shape index (κ2) is 5.01. The van der Waals surface area contributed by atoms with E-state index in [1.54, 1.807) is 18.6 Å².